The van der Waals surface area contributed by atoms with Crippen LogP contribution in [0.3, 0.4) is 0 Å². The van der Waals surface area contributed by atoms with Crippen molar-refractivity contribution in [1.82, 2.24) is 4.90 Å². The van der Waals surface area contributed by atoms with E-state index in [1.54, 1.807) is 18.2 Å². The number of hydrogen-bond donors (Lipinski definition) is 1. The standard InChI is InChI=1S/C22H16BrCl2N3O3/c23-10-3-4-15-14(6-10)22(21(31)26-15)18-17(16-2-1-5-27(16)22)19(29)28(20(18)30)13-8-11(24)7-12(25)9-13/h3-4,6-9,16-18H,1-2,5H2,(H,26,31)/t16-,17+,18+,22-/m0/s1. The molecule has 0 saturated carbocycles. The smallest absolute Gasteiger partial charge is 0.250 e. The minimum absolute atomic E-state index is 0.170. The highest BCUT2D eigenvalue weighted by atomic mass is 79.9. The van der Waals surface area contributed by atoms with E-state index in [-0.39, 0.29) is 23.8 Å². The largest absolute Gasteiger partial charge is 0.324 e. The van der Waals surface area contributed by atoms with E-state index in [4.69, 9.17) is 23.2 Å². The first kappa shape index (κ1) is 19.7. The molecule has 31 heavy (non-hydrogen) atoms. The number of halogens is 3. The van der Waals surface area contributed by atoms with Crippen molar-refractivity contribution in [3.05, 3.63) is 56.5 Å². The molecule has 4 atom stereocenters. The van der Waals surface area contributed by atoms with Gasteiger partial charge in [-0.3, -0.25) is 19.3 Å². The summed E-state index contributed by atoms with van der Waals surface area (Å²) in [6.07, 6.45) is 1.64. The van der Waals surface area contributed by atoms with Gasteiger partial charge in [0.05, 0.1) is 17.5 Å². The highest BCUT2D eigenvalue weighted by molar-refractivity contribution is 9.10. The van der Waals surface area contributed by atoms with Gasteiger partial charge in [-0.05, 0) is 55.8 Å². The van der Waals surface area contributed by atoms with Crippen molar-refractivity contribution in [2.24, 2.45) is 11.8 Å². The minimum Gasteiger partial charge on any atom is -0.324 e. The van der Waals surface area contributed by atoms with Gasteiger partial charge in [-0.25, -0.2) is 4.90 Å². The van der Waals surface area contributed by atoms with Gasteiger partial charge in [0, 0.05) is 31.8 Å². The molecule has 158 valence electrons. The number of amides is 3. The molecule has 0 radical (unpaired) electrons. The average molecular weight is 521 g/mol. The van der Waals surface area contributed by atoms with Gasteiger partial charge in [-0.1, -0.05) is 39.1 Å². The third-order valence-electron chi connectivity index (χ3n) is 7.06. The zero-order chi connectivity index (χ0) is 21.7. The van der Waals surface area contributed by atoms with Crippen LogP contribution in [0.25, 0.3) is 0 Å². The summed E-state index contributed by atoms with van der Waals surface area (Å²) in [7, 11) is 0. The zero-order valence-electron chi connectivity index (χ0n) is 16.1. The average Bonchev–Trinajstić information content (AvgIpc) is 3.39. The van der Waals surface area contributed by atoms with Crippen molar-refractivity contribution in [3.8, 4) is 0 Å². The number of benzene rings is 2. The molecule has 0 aromatic heterocycles. The zero-order valence-corrected chi connectivity index (χ0v) is 19.2. The highest BCUT2D eigenvalue weighted by Crippen LogP contribution is 2.61. The Morgan fingerprint density at radius 3 is 2.52 bits per heavy atom. The summed E-state index contributed by atoms with van der Waals surface area (Å²) in [4.78, 5) is 44.3. The van der Waals surface area contributed by atoms with Crippen molar-refractivity contribution in [1.29, 1.82) is 0 Å². The maximum atomic E-state index is 13.9. The molecule has 4 aliphatic rings. The molecule has 6 rings (SSSR count). The first-order chi connectivity index (χ1) is 14.8. The van der Waals surface area contributed by atoms with Crippen LogP contribution in [0.1, 0.15) is 18.4 Å². The molecule has 1 spiro atoms. The molecule has 0 bridgehead atoms. The lowest BCUT2D eigenvalue weighted by atomic mass is 9.75. The number of carbonyl (C=O) groups is 3. The Bertz CT molecular complexity index is 1180. The highest BCUT2D eigenvalue weighted by Gasteiger charge is 2.74. The lowest BCUT2D eigenvalue weighted by Crippen LogP contribution is -2.54. The number of imide groups is 1. The Balaban J connectivity index is 1.57. The fraction of sp³-hybridized carbons (Fsp3) is 0.318. The Kier molecular flexibility index (Phi) is 4.16. The van der Waals surface area contributed by atoms with Crippen LogP contribution in [0.2, 0.25) is 10.0 Å². The molecular formula is C22H16BrCl2N3O3. The second-order valence-corrected chi connectivity index (χ2v) is 10.2. The molecule has 3 fully saturated rings. The summed E-state index contributed by atoms with van der Waals surface area (Å²) in [6.45, 7) is 0.667. The number of anilines is 2. The number of carbonyl (C=O) groups excluding carboxylic acids is 3. The quantitative estimate of drug-likeness (QED) is 0.572. The van der Waals surface area contributed by atoms with Crippen LogP contribution < -0.4 is 10.2 Å². The molecule has 2 aromatic carbocycles. The summed E-state index contributed by atoms with van der Waals surface area (Å²) in [5.41, 5.74) is 0.575. The molecule has 4 aliphatic heterocycles. The van der Waals surface area contributed by atoms with Crippen molar-refractivity contribution in [2.45, 2.75) is 24.4 Å². The van der Waals surface area contributed by atoms with Gasteiger partial charge >= 0.3 is 0 Å². The third-order valence-corrected chi connectivity index (χ3v) is 7.99. The van der Waals surface area contributed by atoms with E-state index in [0.717, 1.165) is 22.9 Å². The van der Waals surface area contributed by atoms with E-state index in [2.05, 4.69) is 26.1 Å². The first-order valence-electron chi connectivity index (χ1n) is 10.1. The fourth-order valence-corrected chi connectivity index (χ4v) is 6.97. The monoisotopic (exact) mass is 519 g/mol. The van der Waals surface area contributed by atoms with Crippen LogP contribution in [0.5, 0.6) is 0 Å². The molecule has 3 amide bonds. The van der Waals surface area contributed by atoms with Crippen molar-refractivity contribution >= 4 is 68.2 Å². The topological polar surface area (TPSA) is 69.7 Å². The van der Waals surface area contributed by atoms with E-state index in [1.165, 1.54) is 4.90 Å². The SMILES string of the molecule is O=C1[C@@H]2[C@@H]3CCCN3[C@]3(C(=O)Nc4ccc(Br)cc43)[C@H]2C(=O)N1c1cc(Cl)cc(Cl)c1. The summed E-state index contributed by atoms with van der Waals surface area (Å²) in [5, 5.41) is 3.64. The Hall–Kier alpha value is -1.93. The molecule has 0 unspecified atom stereocenters. The van der Waals surface area contributed by atoms with Crippen LogP contribution in [-0.4, -0.2) is 35.2 Å². The van der Waals surface area contributed by atoms with Gasteiger partial charge in [0.2, 0.25) is 17.7 Å². The molecule has 2 aromatic rings. The number of nitrogens with one attached hydrogen (secondary N) is 1. The lowest BCUT2D eigenvalue weighted by molar-refractivity contribution is -0.135. The van der Waals surface area contributed by atoms with Crippen molar-refractivity contribution in [3.63, 3.8) is 0 Å². The lowest BCUT2D eigenvalue weighted by Gasteiger charge is -2.36. The number of nitrogens with zero attached hydrogens (tertiary/aromatic N) is 2. The molecule has 0 aliphatic carbocycles. The molecule has 4 heterocycles. The van der Waals surface area contributed by atoms with Crippen LogP contribution in [0.4, 0.5) is 11.4 Å². The van der Waals surface area contributed by atoms with Gasteiger partial charge in [0.15, 0.2) is 0 Å². The summed E-state index contributed by atoms with van der Waals surface area (Å²) in [6, 6.07) is 10.1. The van der Waals surface area contributed by atoms with Crippen molar-refractivity contribution in [2.75, 3.05) is 16.8 Å². The molecule has 3 saturated heterocycles. The van der Waals surface area contributed by atoms with Crippen LogP contribution >= 0.6 is 39.1 Å². The molecule has 6 nitrogen and oxygen atoms in total. The number of rotatable bonds is 1. The van der Waals surface area contributed by atoms with E-state index < -0.39 is 17.4 Å². The fourth-order valence-electron chi connectivity index (χ4n) is 6.10. The Morgan fingerprint density at radius 2 is 1.77 bits per heavy atom. The molecule has 9 heteroatoms. The van der Waals surface area contributed by atoms with E-state index in [0.29, 0.717) is 28.0 Å². The van der Waals surface area contributed by atoms with Gasteiger partial charge < -0.3 is 5.32 Å². The normalized spacial score (nSPS) is 31.4. The Morgan fingerprint density at radius 1 is 1.03 bits per heavy atom. The first-order valence-corrected chi connectivity index (χ1v) is 11.6. The number of fused-ring (bicyclic) bond motifs is 7. The summed E-state index contributed by atoms with van der Waals surface area (Å²) < 4.78 is 0.816. The third kappa shape index (κ3) is 2.40. The van der Waals surface area contributed by atoms with Gasteiger partial charge in [0.1, 0.15) is 5.54 Å². The molecular weight excluding hydrogens is 505 g/mol. The van der Waals surface area contributed by atoms with Gasteiger partial charge in [-0.2, -0.15) is 0 Å². The predicted octanol–water partition coefficient (Wildman–Crippen LogP) is 4.19. The van der Waals surface area contributed by atoms with Crippen molar-refractivity contribution < 1.29 is 14.4 Å². The predicted molar refractivity (Wildman–Crippen MR) is 120 cm³/mol. The second-order valence-electron chi connectivity index (χ2n) is 8.46. The minimum atomic E-state index is -1.20. The van der Waals surface area contributed by atoms with E-state index >= 15 is 0 Å². The van der Waals surface area contributed by atoms with E-state index in [9.17, 15) is 14.4 Å². The maximum Gasteiger partial charge on any atom is 0.250 e. The Labute approximate surface area is 196 Å². The van der Waals surface area contributed by atoms with E-state index in [1.807, 2.05) is 18.2 Å². The van der Waals surface area contributed by atoms with Crippen LogP contribution in [-0.2, 0) is 19.9 Å². The number of hydrogen-bond acceptors (Lipinski definition) is 4. The van der Waals surface area contributed by atoms with Gasteiger partial charge in [0.25, 0.3) is 0 Å². The van der Waals surface area contributed by atoms with Crippen LogP contribution in [0, 0.1) is 11.8 Å². The summed E-state index contributed by atoms with van der Waals surface area (Å²) in [5.74, 6) is -2.32. The van der Waals surface area contributed by atoms with Crippen LogP contribution in [0.15, 0.2) is 40.9 Å². The molecule has 1 N–H and O–H groups in total. The second kappa shape index (κ2) is 6.54. The van der Waals surface area contributed by atoms with Gasteiger partial charge in [-0.15, -0.1) is 0 Å². The maximum absolute atomic E-state index is 13.9. The summed E-state index contributed by atoms with van der Waals surface area (Å²) >= 11 is 15.8.